The monoisotopic (exact) mass is 472 g/mol. The molecule has 2 aromatic carbocycles. The Bertz CT molecular complexity index is 1320. The second-order valence-corrected chi connectivity index (χ2v) is 8.01. The molecule has 2 N–H and O–H groups in total. The fraction of sp³-hybridized carbons (Fsp3) is 0.217. The van der Waals surface area contributed by atoms with Crippen LogP contribution in [0.5, 0.6) is 0 Å². The molecule has 10 heteroatoms. The number of aliphatic carboxylic acids is 1. The first-order valence-electron chi connectivity index (χ1n) is 10.0. The van der Waals surface area contributed by atoms with Crippen LogP contribution < -0.4 is 10.9 Å². The Hall–Kier alpha value is -3.56. The van der Waals surface area contributed by atoms with E-state index in [4.69, 9.17) is 16.0 Å². The van der Waals surface area contributed by atoms with Crippen molar-refractivity contribution in [2.24, 2.45) is 0 Å². The second-order valence-electron chi connectivity index (χ2n) is 7.60. The topological polar surface area (TPSA) is 117 Å². The molecule has 1 saturated heterocycles. The Balaban J connectivity index is 1.72. The average Bonchev–Trinajstić information content (AvgIpc) is 2.79. The quantitative estimate of drug-likeness (QED) is 0.332. The number of nitrogens with zero attached hydrogens (tertiary/aromatic N) is 1. The van der Waals surface area contributed by atoms with E-state index in [2.05, 4.69) is 5.32 Å². The van der Waals surface area contributed by atoms with Crippen molar-refractivity contribution in [3.05, 3.63) is 69.3 Å². The first-order valence-corrected chi connectivity index (χ1v) is 10.4. The van der Waals surface area contributed by atoms with Crippen molar-refractivity contribution in [2.45, 2.75) is 12.0 Å². The molecule has 0 aliphatic carbocycles. The molecule has 1 aliphatic rings. The van der Waals surface area contributed by atoms with Crippen molar-refractivity contribution in [1.82, 2.24) is 10.2 Å². The molecular formula is C23H18ClFN2O6. The molecule has 170 valence electrons. The minimum Gasteiger partial charge on any atom is -0.480 e. The van der Waals surface area contributed by atoms with Gasteiger partial charge in [-0.25, -0.2) is 9.18 Å². The fourth-order valence-corrected chi connectivity index (χ4v) is 4.16. The maximum atomic E-state index is 13.5. The molecule has 0 radical (unpaired) electrons. The Kier molecular flexibility index (Phi) is 6.26. The number of nitrogens with one attached hydrogen (secondary N) is 1. The summed E-state index contributed by atoms with van der Waals surface area (Å²) < 4.78 is 18.8. The Morgan fingerprint density at radius 3 is 2.70 bits per heavy atom. The first kappa shape index (κ1) is 22.6. The third kappa shape index (κ3) is 4.50. The van der Waals surface area contributed by atoms with Crippen LogP contribution in [0.1, 0.15) is 11.5 Å². The summed E-state index contributed by atoms with van der Waals surface area (Å²) in [6.07, 6.45) is 0.472. The summed E-state index contributed by atoms with van der Waals surface area (Å²) in [6.45, 7) is 0.458. The third-order valence-electron chi connectivity index (χ3n) is 5.54. The van der Waals surface area contributed by atoms with Crippen molar-refractivity contribution < 1.29 is 28.3 Å². The molecule has 2 atom stereocenters. The number of hydrogen-bond acceptors (Lipinski definition) is 6. The minimum absolute atomic E-state index is 0.0750. The number of fused-ring (bicyclic) bond motifs is 1. The fourth-order valence-electron chi connectivity index (χ4n) is 3.90. The van der Waals surface area contributed by atoms with Gasteiger partial charge < -0.3 is 24.5 Å². The van der Waals surface area contributed by atoms with Gasteiger partial charge in [0.25, 0.3) is 0 Å². The summed E-state index contributed by atoms with van der Waals surface area (Å²) in [4.78, 5) is 49.6. The highest BCUT2D eigenvalue weighted by atomic mass is 35.5. The van der Waals surface area contributed by atoms with Gasteiger partial charge in [0.1, 0.15) is 29.6 Å². The number of carboxylic acids is 1. The molecule has 0 saturated carbocycles. The molecule has 3 aromatic rings. The van der Waals surface area contributed by atoms with Gasteiger partial charge in [0, 0.05) is 42.2 Å². The smallest absolute Gasteiger partial charge is 0.336 e. The van der Waals surface area contributed by atoms with Gasteiger partial charge in [-0.05, 0) is 29.8 Å². The predicted molar refractivity (Wildman–Crippen MR) is 118 cm³/mol. The highest BCUT2D eigenvalue weighted by molar-refractivity contribution is 6.33. The number of aldehydes is 1. The summed E-state index contributed by atoms with van der Waals surface area (Å²) in [6, 6.07) is 8.66. The van der Waals surface area contributed by atoms with Crippen molar-refractivity contribution in [3.63, 3.8) is 0 Å². The first-order chi connectivity index (χ1) is 15.8. The number of rotatable bonds is 5. The third-order valence-corrected chi connectivity index (χ3v) is 5.85. The Morgan fingerprint density at radius 1 is 1.21 bits per heavy atom. The van der Waals surface area contributed by atoms with Gasteiger partial charge >= 0.3 is 11.6 Å². The van der Waals surface area contributed by atoms with E-state index in [0.29, 0.717) is 28.4 Å². The van der Waals surface area contributed by atoms with Crippen molar-refractivity contribution >= 4 is 40.7 Å². The van der Waals surface area contributed by atoms with E-state index < -0.39 is 35.3 Å². The molecule has 1 amide bonds. The maximum absolute atomic E-state index is 13.5. The zero-order valence-corrected chi connectivity index (χ0v) is 17.8. The summed E-state index contributed by atoms with van der Waals surface area (Å²) >= 11 is 6.17. The van der Waals surface area contributed by atoms with Crippen LogP contribution >= 0.6 is 11.6 Å². The molecule has 1 aromatic heterocycles. The predicted octanol–water partition coefficient (Wildman–Crippen LogP) is 2.42. The zero-order valence-electron chi connectivity index (χ0n) is 17.1. The molecule has 1 aliphatic heterocycles. The van der Waals surface area contributed by atoms with Gasteiger partial charge in [-0.15, -0.1) is 0 Å². The van der Waals surface area contributed by atoms with Crippen LogP contribution in [0.15, 0.2) is 51.7 Å². The number of halogens is 2. The van der Waals surface area contributed by atoms with Crippen LogP contribution in [-0.4, -0.2) is 53.8 Å². The van der Waals surface area contributed by atoms with E-state index in [1.165, 1.54) is 29.2 Å². The van der Waals surface area contributed by atoms with E-state index in [9.17, 15) is 28.7 Å². The average molecular weight is 473 g/mol. The maximum Gasteiger partial charge on any atom is 0.336 e. The van der Waals surface area contributed by atoms with E-state index in [0.717, 1.165) is 6.07 Å². The Labute approximate surface area is 191 Å². The standard InChI is InChI=1S/C23H18ClFN2O6/c24-18-8-13(25)2-4-14(18)16-9-21(29)33-20-7-12(1-3-15(16)20)17(11-28)22(30)27-6-5-26-19(10-27)23(31)32/h1-4,7-9,11,17,19,26H,5-6,10H2,(H,31,32)/t17?,19-/m0/s1. The van der Waals surface area contributed by atoms with Gasteiger partial charge in [0.15, 0.2) is 0 Å². The molecule has 4 rings (SSSR count). The SMILES string of the molecule is O=CC(C(=O)N1CCN[C@H](C(=O)O)C1)c1ccc2c(-c3ccc(F)cc3Cl)cc(=O)oc2c1. The zero-order chi connectivity index (χ0) is 23.7. The van der Waals surface area contributed by atoms with E-state index in [1.807, 2.05) is 0 Å². The van der Waals surface area contributed by atoms with Crippen LogP contribution in [0.2, 0.25) is 5.02 Å². The molecule has 2 heterocycles. The largest absolute Gasteiger partial charge is 0.480 e. The molecule has 0 bridgehead atoms. The lowest BCUT2D eigenvalue weighted by Crippen LogP contribution is -2.56. The van der Waals surface area contributed by atoms with Crippen molar-refractivity contribution in [1.29, 1.82) is 0 Å². The summed E-state index contributed by atoms with van der Waals surface area (Å²) in [5.41, 5.74) is 0.568. The lowest BCUT2D eigenvalue weighted by atomic mass is 9.95. The highest BCUT2D eigenvalue weighted by Gasteiger charge is 2.32. The Morgan fingerprint density at radius 2 is 2.00 bits per heavy atom. The summed E-state index contributed by atoms with van der Waals surface area (Å²) in [5, 5.41) is 12.6. The van der Waals surface area contributed by atoms with Gasteiger partial charge in [0.2, 0.25) is 5.91 Å². The molecule has 0 spiro atoms. The molecule has 1 fully saturated rings. The normalized spacial score (nSPS) is 17.0. The molecule has 33 heavy (non-hydrogen) atoms. The van der Waals surface area contributed by atoms with Gasteiger partial charge in [-0.2, -0.15) is 0 Å². The second kappa shape index (κ2) is 9.13. The van der Waals surface area contributed by atoms with E-state index in [1.54, 1.807) is 12.1 Å². The molecular weight excluding hydrogens is 455 g/mol. The summed E-state index contributed by atoms with van der Waals surface area (Å²) in [5.74, 6) is -3.36. The van der Waals surface area contributed by atoms with Crippen LogP contribution in [0.25, 0.3) is 22.1 Å². The van der Waals surface area contributed by atoms with Crippen LogP contribution in [0.3, 0.4) is 0 Å². The number of carboxylic acid groups (broad SMARTS) is 1. The number of amides is 1. The summed E-state index contributed by atoms with van der Waals surface area (Å²) in [7, 11) is 0. The van der Waals surface area contributed by atoms with Crippen molar-refractivity contribution in [3.8, 4) is 11.1 Å². The number of carbonyl (C=O) groups excluding carboxylic acids is 2. The lowest BCUT2D eigenvalue weighted by molar-refractivity contribution is -0.143. The van der Waals surface area contributed by atoms with Crippen LogP contribution in [-0.2, 0) is 14.4 Å². The number of piperazine rings is 1. The van der Waals surface area contributed by atoms with Gasteiger partial charge in [0.05, 0.1) is 5.02 Å². The number of carbonyl (C=O) groups is 3. The minimum atomic E-state index is -1.20. The number of benzene rings is 2. The molecule has 1 unspecified atom stereocenters. The van der Waals surface area contributed by atoms with Crippen molar-refractivity contribution in [2.75, 3.05) is 19.6 Å². The highest BCUT2D eigenvalue weighted by Crippen LogP contribution is 2.34. The van der Waals surface area contributed by atoms with E-state index >= 15 is 0 Å². The van der Waals surface area contributed by atoms with Gasteiger partial charge in [-0.1, -0.05) is 23.7 Å². The van der Waals surface area contributed by atoms with E-state index in [-0.39, 0.29) is 30.2 Å². The lowest BCUT2D eigenvalue weighted by Gasteiger charge is -2.33. The van der Waals surface area contributed by atoms with Crippen LogP contribution in [0.4, 0.5) is 4.39 Å². The number of hydrogen-bond donors (Lipinski definition) is 2. The van der Waals surface area contributed by atoms with Crippen LogP contribution in [0, 0.1) is 5.82 Å². The van der Waals surface area contributed by atoms with Gasteiger partial charge in [-0.3, -0.25) is 9.59 Å². The molecule has 8 nitrogen and oxygen atoms in total.